The highest BCUT2D eigenvalue weighted by Crippen LogP contribution is 2.27. The maximum absolute atomic E-state index is 13.6. The van der Waals surface area contributed by atoms with Crippen molar-refractivity contribution in [2.24, 2.45) is 0 Å². The first-order chi connectivity index (χ1) is 9.93. The Kier molecular flexibility index (Phi) is 4.03. The number of carbonyl (C=O) groups is 2. The normalized spacial score (nSPS) is 10.2. The summed E-state index contributed by atoms with van der Waals surface area (Å²) in [6, 6.07) is 8.75. The van der Waals surface area contributed by atoms with Gasteiger partial charge in [-0.25, -0.2) is 14.0 Å². The van der Waals surface area contributed by atoms with Crippen LogP contribution in [0.15, 0.2) is 36.4 Å². The van der Waals surface area contributed by atoms with E-state index in [1.807, 2.05) is 0 Å². The van der Waals surface area contributed by atoms with Crippen LogP contribution < -0.4 is 0 Å². The third-order valence-electron chi connectivity index (χ3n) is 3.09. The van der Waals surface area contributed by atoms with Crippen LogP contribution in [-0.4, -0.2) is 24.2 Å². The Bertz CT molecular complexity index is 722. The van der Waals surface area contributed by atoms with Gasteiger partial charge >= 0.3 is 11.9 Å². The molecular formula is C16H13FO4. The number of methoxy groups -OCH3 is 1. The van der Waals surface area contributed by atoms with Crippen molar-refractivity contribution in [2.45, 2.75) is 6.92 Å². The van der Waals surface area contributed by atoms with Crippen LogP contribution in [0.3, 0.4) is 0 Å². The molecule has 0 spiro atoms. The Morgan fingerprint density at radius 1 is 1.10 bits per heavy atom. The number of hydrogen-bond acceptors (Lipinski definition) is 3. The lowest BCUT2D eigenvalue weighted by atomic mass is 9.96. The molecule has 0 fully saturated rings. The Morgan fingerprint density at radius 2 is 1.81 bits per heavy atom. The van der Waals surface area contributed by atoms with Crippen LogP contribution in [0.1, 0.15) is 26.3 Å². The van der Waals surface area contributed by atoms with Gasteiger partial charge in [0.15, 0.2) is 0 Å². The molecule has 108 valence electrons. The van der Waals surface area contributed by atoms with Crippen LogP contribution in [0.5, 0.6) is 0 Å². The lowest BCUT2D eigenvalue weighted by Gasteiger charge is -2.09. The summed E-state index contributed by atoms with van der Waals surface area (Å²) in [5, 5.41) is 9.26. The molecular weight excluding hydrogens is 275 g/mol. The zero-order valence-electron chi connectivity index (χ0n) is 11.5. The van der Waals surface area contributed by atoms with Crippen LogP contribution in [0.25, 0.3) is 11.1 Å². The van der Waals surface area contributed by atoms with Gasteiger partial charge in [0.25, 0.3) is 0 Å². The molecule has 0 saturated carbocycles. The molecule has 0 amide bonds. The Labute approximate surface area is 120 Å². The number of carboxylic acid groups (broad SMARTS) is 1. The van der Waals surface area contributed by atoms with Gasteiger partial charge in [-0.1, -0.05) is 23.8 Å². The van der Waals surface area contributed by atoms with Gasteiger partial charge in [0, 0.05) is 0 Å². The molecule has 0 bridgehead atoms. The van der Waals surface area contributed by atoms with E-state index < -0.39 is 17.8 Å². The van der Waals surface area contributed by atoms with E-state index in [2.05, 4.69) is 4.74 Å². The van der Waals surface area contributed by atoms with Gasteiger partial charge in [-0.2, -0.15) is 0 Å². The summed E-state index contributed by atoms with van der Waals surface area (Å²) < 4.78 is 18.1. The fraction of sp³-hybridized carbons (Fsp3) is 0.125. The first-order valence-corrected chi connectivity index (χ1v) is 6.16. The molecule has 0 heterocycles. The molecule has 0 unspecified atom stereocenters. The highest BCUT2D eigenvalue weighted by Gasteiger charge is 2.17. The van der Waals surface area contributed by atoms with E-state index in [0.717, 1.165) is 18.7 Å². The second kappa shape index (κ2) is 5.75. The van der Waals surface area contributed by atoms with Crippen molar-refractivity contribution in [3.63, 3.8) is 0 Å². The predicted octanol–water partition coefficient (Wildman–Crippen LogP) is 3.29. The highest BCUT2D eigenvalue weighted by molar-refractivity contribution is 5.97. The van der Waals surface area contributed by atoms with E-state index in [1.54, 1.807) is 19.1 Å². The molecule has 5 heteroatoms. The molecule has 0 saturated heterocycles. The molecule has 0 radical (unpaired) electrons. The average molecular weight is 288 g/mol. The Balaban J connectivity index is 2.63. The molecule has 0 aromatic heterocycles. The second-order valence-corrected chi connectivity index (χ2v) is 4.54. The van der Waals surface area contributed by atoms with Crippen LogP contribution in [0.4, 0.5) is 4.39 Å². The number of benzene rings is 2. The van der Waals surface area contributed by atoms with E-state index in [9.17, 15) is 19.1 Å². The topological polar surface area (TPSA) is 63.6 Å². The molecule has 0 aliphatic heterocycles. The van der Waals surface area contributed by atoms with Crippen molar-refractivity contribution in [2.75, 3.05) is 7.11 Å². The minimum Gasteiger partial charge on any atom is -0.478 e. The van der Waals surface area contributed by atoms with Crippen LogP contribution in [-0.2, 0) is 4.74 Å². The van der Waals surface area contributed by atoms with Crippen LogP contribution in [0, 0.1) is 12.7 Å². The largest absolute Gasteiger partial charge is 0.478 e. The molecule has 4 nitrogen and oxygen atoms in total. The third-order valence-corrected chi connectivity index (χ3v) is 3.09. The summed E-state index contributed by atoms with van der Waals surface area (Å²) in [6.07, 6.45) is 0. The zero-order chi connectivity index (χ0) is 15.6. The number of carboxylic acids is 1. The SMILES string of the molecule is COC(=O)c1cc(-c2ccc(C)cc2C(=O)O)ccc1F. The lowest BCUT2D eigenvalue weighted by Crippen LogP contribution is -2.05. The monoisotopic (exact) mass is 288 g/mol. The van der Waals surface area contributed by atoms with Gasteiger partial charge in [0.1, 0.15) is 5.82 Å². The summed E-state index contributed by atoms with van der Waals surface area (Å²) in [4.78, 5) is 22.8. The molecule has 21 heavy (non-hydrogen) atoms. The molecule has 1 N–H and O–H groups in total. The smallest absolute Gasteiger partial charge is 0.340 e. The van der Waals surface area contributed by atoms with Gasteiger partial charge < -0.3 is 9.84 Å². The number of rotatable bonds is 3. The summed E-state index contributed by atoms with van der Waals surface area (Å²) in [5.41, 5.74) is 1.52. The minimum absolute atomic E-state index is 0.0948. The van der Waals surface area contributed by atoms with Crippen LogP contribution >= 0.6 is 0 Å². The first-order valence-electron chi connectivity index (χ1n) is 6.16. The van der Waals surface area contributed by atoms with Gasteiger partial charge in [-0.05, 0) is 36.2 Å². The quantitative estimate of drug-likeness (QED) is 0.880. The number of aromatic carboxylic acids is 1. The summed E-state index contributed by atoms with van der Waals surface area (Å²) in [6.45, 7) is 1.78. The summed E-state index contributed by atoms with van der Waals surface area (Å²) in [5.74, 6) is -2.61. The Hall–Kier alpha value is -2.69. The number of ether oxygens (including phenoxy) is 1. The predicted molar refractivity (Wildman–Crippen MR) is 74.9 cm³/mol. The van der Waals surface area contributed by atoms with Gasteiger partial charge in [-0.15, -0.1) is 0 Å². The first kappa shape index (κ1) is 14.7. The maximum Gasteiger partial charge on any atom is 0.340 e. The standard InChI is InChI=1S/C16H13FO4/c1-9-3-5-11(12(7-9)15(18)19)10-4-6-14(17)13(8-10)16(20)21-2/h3-8H,1-2H3,(H,18,19). The summed E-state index contributed by atoms with van der Waals surface area (Å²) in [7, 11) is 1.16. The van der Waals surface area contributed by atoms with E-state index in [0.29, 0.717) is 11.1 Å². The van der Waals surface area contributed by atoms with E-state index in [1.165, 1.54) is 18.2 Å². The molecule has 2 aromatic rings. The number of hydrogen-bond donors (Lipinski definition) is 1. The molecule has 2 aromatic carbocycles. The van der Waals surface area contributed by atoms with Crippen LogP contribution in [0.2, 0.25) is 0 Å². The maximum atomic E-state index is 13.6. The number of carbonyl (C=O) groups excluding carboxylic acids is 1. The minimum atomic E-state index is -1.09. The highest BCUT2D eigenvalue weighted by atomic mass is 19.1. The van der Waals surface area contributed by atoms with Crippen molar-refractivity contribution in [3.8, 4) is 11.1 Å². The Morgan fingerprint density at radius 3 is 2.43 bits per heavy atom. The summed E-state index contributed by atoms with van der Waals surface area (Å²) >= 11 is 0. The van der Waals surface area contributed by atoms with Crippen molar-refractivity contribution in [1.29, 1.82) is 0 Å². The van der Waals surface area contributed by atoms with Crippen molar-refractivity contribution < 1.29 is 23.8 Å². The zero-order valence-corrected chi connectivity index (χ0v) is 11.5. The second-order valence-electron chi connectivity index (χ2n) is 4.54. The van der Waals surface area contributed by atoms with Gasteiger partial charge in [-0.3, -0.25) is 0 Å². The number of esters is 1. The average Bonchev–Trinajstić information content (AvgIpc) is 2.47. The number of halogens is 1. The van der Waals surface area contributed by atoms with E-state index in [4.69, 9.17) is 0 Å². The third kappa shape index (κ3) is 2.91. The van der Waals surface area contributed by atoms with Crippen molar-refractivity contribution in [1.82, 2.24) is 0 Å². The fourth-order valence-corrected chi connectivity index (χ4v) is 2.05. The molecule has 0 aliphatic carbocycles. The van der Waals surface area contributed by atoms with E-state index in [-0.39, 0.29) is 11.1 Å². The van der Waals surface area contributed by atoms with Crippen molar-refractivity contribution >= 4 is 11.9 Å². The fourth-order valence-electron chi connectivity index (χ4n) is 2.05. The van der Waals surface area contributed by atoms with Gasteiger partial charge in [0.2, 0.25) is 0 Å². The molecule has 0 atom stereocenters. The molecule has 0 aliphatic rings. The van der Waals surface area contributed by atoms with Gasteiger partial charge in [0.05, 0.1) is 18.2 Å². The molecule has 2 rings (SSSR count). The number of aryl methyl sites for hydroxylation is 1. The lowest BCUT2D eigenvalue weighted by molar-refractivity contribution is 0.0594. The van der Waals surface area contributed by atoms with E-state index >= 15 is 0 Å². The van der Waals surface area contributed by atoms with Crippen molar-refractivity contribution in [3.05, 3.63) is 58.9 Å².